The van der Waals surface area contributed by atoms with Crippen LogP contribution in [0, 0.1) is 5.92 Å². The van der Waals surface area contributed by atoms with Gasteiger partial charge in [0.15, 0.2) is 0 Å². The maximum atomic E-state index is 11.6. The molecule has 0 bridgehead atoms. The molecule has 0 saturated carbocycles. The maximum Gasteiger partial charge on any atom is 0.323 e. The zero-order chi connectivity index (χ0) is 15.3. The fraction of sp³-hybridized carbons (Fsp3) is 0.429. The topological polar surface area (TPSA) is 81.4 Å². The van der Waals surface area contributed by atoms with Crippen LogP contribution in [0.1, 0.15) is 29.8 Å². The lowest BCUT2D eigenvalue weighted by molar-refractivity contribution is -0.144. The molecule has 0 aliphatic rings. The minimum Gasteiger partial charge on any atom is -0.468 e. The van der Waals surface area contributed by atoms with Crippen LogP contribution >= 0.6 is 11.6 Å². The van der Waals surface area contributed by atoms with Gasteiger partial charge in [-0.15, -0.1) is 0 Å². The second kappa shape index (κ2) is 7.26. The number of carbonyl (C=O) groups excluding carboxylic acids is 2. The first-order valence-corrected chi connectivity index (χ1v) is 6.64. The molecule has 1 aromatic rings. The van der Waals surface area contributed by atoms with Crippen molar-refractivity contribution in [3.63, 3.8) is 0 Å². The van der Waals surface area contributed by atoms with Crippen molar-refractivity contribution in [2.24, 2.45) is 11.7 Å². The Morgan fingerprint density at radius 2 is 2.05 bits per heavy atom. The summed E-state index contributed by atoms with van der Waals surface area (Å²) in [7, 11) is 1.36. The van der Waals surface area contributed by atoms with Gasteiger partial charge in [0, 0.05) is 17.1 Å². The van der Waals surface area contributed by atoms with Crippen LogP contribution in [-0.4, -0.2) is 25.0 Å². The Labute approximate surface area is 123 Å². The predicted octanol–water partition coefficient (Wildman–Crippen LogP) is 1.73. The minimum absolute atomic E-state index is 0.0890. The molecule has 0 fully saturated rings. The number of primary amides is 1. The summed E-state index contributed by atoms with van der Waals surface area (Å²) in [6.07, 6.45) is 0. The number of halogens is 1. The molecular weight excluding hydrogens is 280 g/mol. The molecule has 0 saturated heterocycles. The Morgan fingerprint density at radius 1 is 1.40 bits per heavy atom. The van der Waals surface area contributed by atoms with Gasteiger partial charge in [0.25, 0.3) is 0 Å². The van der Waals surface area contributed by atoms with E-state index in [1.165, 1.54) is 13.2 Å². The molecule has 5 nitrogen and oxygen atoms in total. The molecule has 1 atom stereocenters. The van der Waals surface area contributed by atoms with Crippen molar-refractivity contribution in [1.29, 1.82) is 0 Å². The van der Waals surface area contributed by atoms with Gasteiger partial charge in [-0.05, 0) is 23.6 Å². The summed E-state index contributed by atoms with van der Waals surface area (Å²) < 4.78 is 4.75. The molecular formula is C14H19ClN2O3. The van der Waals surface area contributed by atoms with Crippen LogP contribution in [-0.2, 0) is 16.1 Å². The summed E-state index contributed by atoms with van der Waals surface area (Å²) in [6.45, 7) is 4.24. The molecule has 6 heteroatoms. The number of benzene rings is 1. The Morgan fingerprint density at radius 3 is 2.50 bits per heavy atom. The fourth-order valence-electron chi connectivity index (χ4n) is 1.78. The lowest BCUT2D eigenvalue weighted by Crippen LogP contribution is -2.41. The molecule has 0 spiro atoms. The first kappa shape index (κ1) is 16.5. The summed E-state index contributed by atoms with van der Waals surface area (Å²) >= 11 is 6.09. The number of nitrogens with one attached hydrogen (secondary N) is 1. The Kier molecular flexibility index (Phi) is 5.98. The van der Waals surface area contributed by atoms with E-state index in [0.29, 0.717) is 17.1 Å². The van der Waals surface area contributed by atoms with Gasteiger partial charge in [-0.2, -0.15) is 0 Å². The van der Waals surface area contributed by atoms with Gasteiger partial charge in [-0.3, -0.25) is 9.59 Å². The molecule has 0 heterocycles. The zero-order valence-corrected chi connectivity index (χ0v) is 12.5. The smallest absolute Gasteiger partial charge is 0.323 e. The van der Waals surface area contributed by atoms with Crippen LogP contribution in [0.3, 0.4) is 0 Å². The number of esters is 1. The molecule has 1 unspecified atom stereocenters. The summed E-state index contributed by atoms with van der Waals surface area (Å²) in [5.41, 5.74) is 6.32. The molecule has 3 N–H and O–H groups in total. The fourth-order valence-corrected chi connectivity index (χ4v) is 2.03. The summed E-state index contributed by atoms with van der Waals surface area (Å²) in [4.78, 5) is 22.7. The molecule has 110 valence electrons. The molecule has 0 radical (unpaired) electrons. The van der Waals surface area contributed by atoms with E-state index < -0.39 is 11.9 Å². The third kappa shape index (κ3) is 4.21. The van der Waals surface area contributed by atoms with Gasteiger partial charge < -0.3 is 15.8 Å². The Balaban J connectivity index is 2.78. The van der Waals surface area contributed by atoms with E-state index in [1.54, 1.807) is 12.1 Å². The van der Waals surface area contributed by atoms with Crippen LogP contribution < -0.4 is 11.1 Å². The number of hydrogen-bond donors (Lipinski definition) is 2. The van der Waals surface area contributed by atoms with Gasteiger partial charge in [0.05, 0.1) is 7.11 Å². The number of amides is 1. The van der Waals surface area contributed by atoms with Crippen molar-refractivity contribution < 1.29 is 14.3 Å². The lowest BCUT2D eigenvalue weighted by atomic mass is 10.0. The molecule has 0 aliphatic heterocycles. The van der Waals surface area contributed by atoms with Gasteiger partial charge in [-0.25, -0.2) is 0 Å². The normalized spacial score (nSPS) is 12.2. The monoisotopic (exact) mass is 298 g/mol. The number of methoxy groups -OCH3 is 1. The molecule has 0 aliphatic carbocycles. The predicted molar refractivity (Wildman–Crippen MR) is 77.5 cm³/mol. The van der Waals surface area contributed by atoms with E-state index in [0.717, 1.165) is 5.56 Å². The van der Waals surface area contributed by atoms with Gasteiger partial charge in [-0.1, -0.05) is 31.5 Å². The molecule has 0 aromatic heterocycles. The number of carbonyl (C=O) groups is 2. The van der Waals surface area contributed by atoms with Gasteiger partial charge in [0.2, 0.25) is 5.91 Å². The minimum atomic E-state index is -0.527. The average Bonchev–Trinajstić information content (AvgIpc) is 2.39. The number of rotatable bonds is 6. The van der Waals surface area contributed by atoms with Crippen molar-refractivity contribution in [2.75, 3.05) is 7.11 Å². The van der Waals surface area contributed by atoms with E-state index >= 15 is 0 Å². The van der Waals surface area contributed by atoms with Crippen molar-refractivity contribution in [3.05, 3.63) is 34.3 Å². The van der Waals surface area contributed by atoms with Crippen molar-refractivity contribution >= 4 is 23.5 Å². The second-order valence-electron chi connectivity index (χ2n) is 4.80. The van der Waals surface area contributed by atoms with Crippen LogP contribution in [0.25, 0.3) is 0 Å². The van der Waals surface area contributed by atoms with Crippen molar-refractivity contribution in [2.45, 2.75) is 26.4 Å². The first-order chi connectivity index (χ1) is 9.36. The lowest BCUT2D eigenvalue weighted by Gasteiger charge is -2.20. The summed E-state index contributed by atoms with van der Waals surface area (Å²) in [5, 5.41) is 3.53. The quantitative estimate of drug-likeness (QED) is 0.784. The SMILES string of the molecule is COC(=O)C(NCc1ccc(C(N)=O)cc1Cl)C(C)C. The van der Waals surface area contributed by atoms with E-state index in [1.807, 2.05) is 13.8 Å². The number of nitrogens with two attached hydrogens (primary N) is 1. The van der Waals surface area contributed by atoms with Crippen LogP contribution in [0.2, 0.25) is 5.02 Å². The molecule has 1 rings (SSSR count). The second-order valence-corrected chi connectivity index (χ2v) is 5.20. The van der Waals surface area contributed by atoms with Crippen molar-refractivity contribution in [3.8, 4) is 0 Å². The Hall–Kier alpha value is -1.59. The van der Waals surface area contributed by atoms with Crippen LogP contribution in [0.4, 0.5) is 0 Å². The highest BCUT2D eigenvalue weighted by Gasteiger charge is 2.22. The van der Waals surface area contributed by atoms with Gasteiger partial charge in [0.1, 0.15) is 6.04 Å². The first-order valence-electron chi connectivity index (χ1n) is 6.26. The average molecular weight is 299 g/mol. The third-order valence-corrected chi connectivity index (χ3v) is 3.32. The highest BCUT2D eigenvalue weighted by molar-refractivity contribution is 6.31. The highest BCUT2D eigenvalue weighted by Crippen LogP contribution is 2.18. The van der Waals surface area contributed by atoms with E-state index in [9.17, 15) is 9.59 Å². The highest BCUT2D eigenvalue weighted by atomic mass is 35.5. The maximum absolute atomic E-state index is 11.6. The number of ether oxygens (including phenoxy) is 1. The molecule has 1 amide bonds. The van der Waals surface area contributed by atoms with E-state index in [2.05, 4.69) is 5.32 Å². The van der Waals surface area contributed by atoms with E-state index in [4.69, 9.17) is 22.1 Å². The van der Waals surface area contributed by atoms with E-state index in [-0.39, 0.29) is 11.9 Å². The standard InChI is InChI=1S/C14H19ClN2O3/c1-8(2)12(14(19)20-3)17-7-10-5-4-9(13(16)18)6-11(10)15/h4-6,8,12,17H,7H2,1-3H3,(H2,16,18). The van der Waals surface area contributed by atoms with Crippen molar-refractivity contribution in [1.82, 2.24) is 5.32 Å². The summed E-state index contributed by atoms with van der Waals surface area (Å²) in [5.74, 6) is -0.753. The van der Waals surface area contributed by atoms with Crippen LogP contribution in [0.15, 0.2) is 18.2 Å². The zero-order valence-electron chi connectivity index (χ0n) is 11.8. The van der Waals surface area contributed by atoms with Gasteiger partial charge >= 0.3 is 5.97 Å². The van der Waals surface area contributed by atoms with Crippen LogP contribution in [0.5, 0.6) is 0 Å². The molecule has 1 aromatic carbocycles. The summed E-state index contributed by atoms with van der Waals surface area (Å²) in [6, 6.07) is 4.42. The molecule has 20 heavy (non-hydrogen) atoms. The number of hydrogen-bond acceptors (Lipinski definition) is 4. The Bertz CT molecular complexity index is 503. The largest absolute Gasteiger partial charge is 0.468 e. The third-order valence-electron chi connectivity index (χ3n) is 2.97.